The second-order valence-electron chi connectivity index (χ2n) is 8.02. The van der Waals surface area contributed by atoms with Crippen LogP contribution in [0.2, 0.25) is 0 Å². The Morgan fingerprint density at radius 2 is 1.87 bits per heavy atom. The number of carbonyl (C=O) groups is 1. The second kappa shape index (κ2) is 9.62. The Morgan fingerprint density at radius 1 is 1.16 bits per heavy atom. The van der Waals surface area contributed by atoms with E-state index in [0.29, 0.717) is 23.1 Å². The van der Waals surface area contributed by atoms with Crippen molar-refractivity contribution in [2.75, 3.05) is 26.4 Å². The summed E-state index contributed by atoms with van der Waals surface area (Å²) in [7, 11) is 4.17. The van der Waals surface area contributed by atoms with Gasteiger partial charge in [-0.25, -0.2) is 4.39 Å². The third kappa shape index (κ3) is 5.14. The fourth-order valence-corrected chi connectivity index (χ4v) is 4.44. The van der Waals surface area contributed by atoms with E-state index in [-0.39, 0.29) is 29.6 Å². The van der Waals surface area contributed by atoms with Crippen LogP contribution in [0.3, 0.4) is 0 Å². The summed E-state index contributed by atoms with van der Waals surface area (Å²) < 4.78 is 16.3. The summed E-state index contributed by atoms with van der Waals surface area (Å²) >= 11 is 1.35. The number of halogens is 1. The number of rotatable bonds is 9. The highest BCUT2D eigenvalue weighted by Gasteiger charge is 2.31. The lowest BCUT2D eigenvalue weighted by Crippen LogP contribution is -3.07. The van der Waals surface area contributed by atoms with E-state index >= 15 is 0 Å². The zero-order valence-electron chi connectivity index (χ0n) is 17.7. The van der Waals surface area contributed by atoms with Crippen LogP contribution in [0.5, 0.6) is 0 Å². The molecule has 31 heavy (non-hydrogen) atoms. The van der Waals surface area contributed by atoms with E-state index in [9.17, 15) is 9.18 Å². The van der Waals surface area contributed by atoms with Crippen LogP contribution in [0, 0.1) is 5.82 Å². The molecule has 1 saturated carbocycles. The molecule has 2 aromatic carbocycles. The number of nitrogens with zero attached hydrogens (tertiary/aromatic N) is 3. The number of benzene rings is 2. The number of hydrogen-bond acceptors (Lipinski definition) is 4. The van der Waals surface area contributed by atoms with E-state index in [1.54, 1.807) is 18.2 Å². The molecule has 0 spiro atoms. The molecular weight excluding hydrogens is 413 g/mol. The van der Waals surface area contributed by atoms with Gasteiger partial charge in [0.1, 0.15) is 11.9 Å². The number of thioether (sulfide) groups is 1. The maximum atomic E-state index is 14.3. The number of likely N-dealkylation sites (N-methyl/N-ethyl adjacent to an activating group) is 1. The predicted molar refractivity (Wildman–Crippen MR) is 119 cm³/mol. The molecule has 0 saturated heterocycles. The van der Waals surface area contributed by atoms with Gasteiger partial charge in [-0.15, -0.1) is 10.2 Å². The van der Waals surface area contributed by atoms with E-state index in [2.05, 4.69) is 41.7 Å². The Bertz CT molecular complexity index is 1040. The Morgan fingerprint density at radius 3 is 2.55 bits per heavy atom. The zero-order chi connectivity index (χ0) is 21.8. The van der Waals surface area contributed by atoms with Crippen molar-refractivity contribution in [2.24, 2.45) is 0 Å². The lowest BCUT2D eigenvalue weighted by Gasteiger charge is -2.22. The highest BCUT2D eigenvalue weighted by molar-refractivity contribution is 7.99. The fourth-order valence-electron chi connectivity index (χ4n) is 3.60. The first-order valence-corrected chi connectivity index (χ1v) is 11.5. The molecular formula is C23H27FN5OS+. The Balaban J connectivity index is 1.40. The van der Waals surface area contributed by atoms with Gasteiger partial charge in [-0.2, -0.15) is 0 Å². The molecule has 1 atom stereocenters. The maximum absolute atomic E-state index is 14.3. The van der Waals surface area contributed by atoms with Gasteiger partial charge < -0.3 is 10.2 Å². The largest absolute Gasteiger partial charge is 0.349 e. The molecule has 0 bridgehead atoms. The molecule has 3 aromatic rings. The molecule has 1 aliphatic carbocycles. The zero-order valence-corrected chi connectivity index (χ0v) is 18.5. The first-order valence-electron chi connectivity index (χ1n) is 10.5. The minimum absolute atomic E-state index is 0.0510. The van der Waals surface area contributed by atoms with Crippen molar-refractivity contribution in [1.29, 1.82) is 0 Å². The van der Waals surface area contributed by atoms with Crippen molar-refractivity contribution < 1.29 is 14.1 Å². The molecule has 1 aromatic heterocycles. The summed E-state index contributed by atoms with van der Waals surface area (Å²) in [5.74, 6) is 0.407. The topological polar surface area (TPSA) is 64.2 Å². The third-order valence-electron chi connectivity index (χ3n) is 5.43. The predicted octanol–water partition coefficient (Wildman–Crippen LogP) is 2.51. The average Bonchev–Trinajstić information content (AvgIpc) is 3.52. The molecule has 0 unspecified atom stereocenters. The first-order chi connectivity index (χ1) is 15.0. The van der Waals surface area contributed by atoms with Crippen LogP contribution in [0.15, 0.2) is 59.8 Å². The monoisotopic (exact) mass is 440 g/mol. The summed E-state index contributed by atoms with van der Waals surface area (Å²) in [4.78, 5) is 13.8. The van der Waals surface area contributed by atoms with Gasteiger partial charge in [0.25, 0.3) is 0 Å². The Hall–Kier alpha value is -2.71. The SMILES string of the molecule is C[NH+](C)[C@H](CNC(=O)CSc1nnc(-c2ccccc2F)n1C1CC1)c1ccccc1. The smallest absolute Gasteiger partial charge is 0.230 e. The normalized spacial score (nSPS) is 14.6. The highest BCUT2D eigenvalue weighted by Crippen LogP contribution is 2.41. The summed E-state index contributed by atoms with van der Waals surface area (Å²) in [6.45, 7) is 0.557. The third-order valence-corrected chi connectivity index (χ3v) is 6.37. The van der Waals surface area contributed by atoms with E-state index in [4.69, 9.17) is 0 Å². The second-order valence-corrected chi connectivity index (χ2v) is 8.96. The molecule has 0 aliphatic heterocycles. The van der Waals surface area contributed by atoms with E-state index < -0.39 is 0 Å². The summed E-state index contributed by atoms with van der Waals surface area (Å²) in [6.07, 6.45) is 2.03. The van der Waals surface area contributed by atoms with Crippen LogP contribution in [0.1, 0.15) is 30.5 Å². The molecule has 2 N–H and O–H groups in total. The fraction of sp³-hybridized carbons (Fsp3) is 0.348. The van der Waals surface area contributed by atoms with E-state index in [1.807, 2.05) is 22.8 Å². The molecule has 1 amide bonds. The molecule has 6 nitrogen and oxygen atoms in total. The summed E-state index contributed by atoms with van der Waals surface area (Å²) in [5, 5.41) is 12.2. The molecule has 4 rings (SSSR count). The van der Waals surface area contributed by atoms with E-state index in [0.717, 1.165) is 12.8 Å². The lowest BCUT2D eigenvalue weighted by atomic mass is 10.1. The van der Waals surface area contributed by atoms with Gasteiger partial charge in [-0.1, -0.05) is 54.2 Å². The van der Waals surface area contributed by atoms with Crippen molar-refractivity contribution in [3.05, 3.63) is 66.0 Å². The van der Waals surface area contributed by atoms with Crippen LogP contribution in [0.4, 0.5) is 4.39 Å². The van der Waals surface area contributed by atoms with Crippen LogP contribution in [-0.4, -0.2) is 47.1 Å². The molecule has 1 heterocycles. The maximum Gasteiger partial charge on any atom is 0.230 e. The summed E-state index contributed by atoms with van der Waals surface area (Å²) in [6, 6.07) is 17.2. The van der Waals surface area contributed by atoms with Gasteiger partial charge in [0, 0.05) is 11.6 Å². The molecule has 1 aliphatic rings. The van der Waals surface area contributed by atoms with Crippen molar-refractivity contribution >= 4 is 17.7 Å². The van der Waals surface area contributed by atoms with Crippen molar-refractivity contribution in [3.8, 4) is 11.4 Å². The minimum Gasteiger partial charge on any atom is -0.349 e. The van der Waals surface area contributed by atoms with Gasteiger partial charge in [-0.05, 0) is 25.0 Å². The average molecular weight is 441 g/mol. The number of aromatic nitrogens is 3. The Labute approximate surface area is 185 Å². The summed E-state index contributed by atoms with van der Waals surface area (Å²) in [5.41, 5.74) is 1.64. The van der Waals surface area contributed by atoms with Crippen LogP contribution in [-0.2, 0) is 4.79 Å². The standard InChI is InChI=1S/C23H26FN5OS/c1-28(2)20(16-8-4-3-5-9-16)14-25-21(30)15-31-23-27-26-22(29(23)17-12-13-17)18-10-6-7-11-19(18)24/h3-11,17,20H,12-15H2,1-2H3,(H,25,30)/p+1/t20-/m1/s1. The van der Waals surface area contributed by atoms with Gasteiger partial charge in [0.2, 0.25) is 5.91 Å². The number of nitrogens with one attached hydrogen (secondary N) is 2. The molecule has 0 radical (unpaired) electrons. The molecule has 1 fully saturated rings. The van der Waals surface area contributed by atoms with E-state index in [1.165, 1.54) is 28.3 Å². The number of quaternary nitrogens is 1. The highest BCUT2D eigenvalue weighted by atomic mass is 32.2. The van der Waals surface area contributed by atoms with Crippen molar-refractivity contribution in [2.45, 2.75) is 30.1 Å². The van der Waals surface area contributed by atoms with Gasteiger partial charge in [0.05, 0.1) is 32.0 Å². The van der Waals surface area contributed by atoms with Crippen molar-refractivity contribution in [3.63, 3.8) is 0 Å². The van der Waals surface area contributed by atoms with Crippen LogP contribution >= 0.6 is 11.8 Å². The molecule has 8 heteroatoms. The number of amides is 1. The quantitative estimate of drug-likeness (QED) is 0.502. The molecule has 162 valence electrons. The van der Waals surface area contributed by atoms with Gasteiger partial charge in [0.15, 0.2) is 11.0 Å². The lowest BCUT2D eigenvalue weighted by molar-refractivity contribution is -0.890. The van der Waals surface area contributed by atoms with Crippen LogP contribution < -0.4 is 10.2 Å². The van der Waals surface area contributed by atoms with Gasteiger partial charge >= 0.3 is 0 Å². The van der Waals surface area contributed by atoms with Crippen LogP contribution in [0.25, 0.3) is 11.4 Å². The minimum atomic E-state index is -0.316. The number of carbonyl (C=O) groups excluding carboxylic acids is 1. The first kappa shape index (κ1) is 21.5. The number of hydrogen-bond donors (Lipinski definition) is 2. The van der Waals surface area contributed by atoms with Gasteiger partial charge in [-0.3, -0.25) is 9.36 Å². The van der Waals surface area contributed by atoms with Crippen molar-refractivity contribution in [1.82, 2.24) is 20.1 Å². The Kier molecular flexibility index (Phi) is 6.67.